The van der Waals surface area contributed by atoms with E-state index in [0.717, 1.165) is 21.9 Å². The third kappa shape index (κ3) is 4.53. The number of allylic oxidation sites excluding steroid dienone is 1. The number of benzene rings is 4. The molecule has 0 amide bonds. The molecule has 5 nitrogen and oxygen atoms in total. The molecule has 4 aromatic carbocycles. The van der Waals surface area contributed by atoms with Gasteiger partial charge in [0.25, 0.3) is 0 Å². The summed E-state index contributed by atoms with van der Waals surface area (Å²) < 4.78 is 22.2. The van der Waals surface area contributed by atoms with Gasteiger partial charge in [-0.15, -0.1) is 0 Å². The first-order valence-electron chi connectivity index (χ1n) is 10.6. The Morgan fingerprint density at radius 1 is 0.909 bits per heavy atom. The maximum Gasteiger partial charge on any atom is 0.231 e. The molecular weight excluding hydrogens is 416 g/mol. The molecule has 0 aliphatic carbocycles. The first-order valence-corrected chi connectivity index (χ1v) is 10.6. The van der Waals surface area contributed by atoms with E-state index >= 15 is 0 Å². The van der Waals surface area contributed by atoms with Gasteiger partial charge in [0.1, 0.15) is 18.1 Å². The van der Waals surface area contributed by atoms with Crippen LogP contribution in [0, 0.1) is 0 Å². The lowest BCUT2D eigenvalue weighted by molar-refractivity contribution is 0.104. The van der Waals surface area contributed by atoms with E-state index in [1.807, 2.05) is 72.8 Å². The molecule has 0 spiro atoms. The van der Waals surface area contributed by atoms with Gasteiger partial charge in [0, 0.05) is 17.2 Å². The van der Waals surface area contributed by atoms with Crippen LogP contribution in [0.5, 0.6) is 23.0 Å². The van der Waals surface area contributed by atoms with Crippen LogP contribution in [0.25, 0.3) is 16.8 Å². The highest BCUT2D eigenvalue weighted by Crippen LogP contribution is 2.35. The van der Waals surface area contributed by atoms with Crippen molar-refractivity contribution in [2.45, 2.75) is 6.61 Å². The van der Waals surface area contributed by atoms with Gasteiger partial charge in [-0.2, -0.15) is 0 Å². The zero-order valence-electron chi connectivity index (χ0n) is 18.1. The van der Waals surface area contributed by atoms with Gasteiger partial charge in [0.2, 0.25) is 6.79 Å². The quantitative estimate of drug-likeness (QED) is 0.260. The molecule has 164 valence electrons. The lowest BCUT2D eigenvalue weighted by atomic mass is 10.0. The molecule has 0 unspecified atom stereocenters. The van der Waals surface area contributed by atoms with Crippen molar-refractivity contribution in [1.29, 1.82) is 0 Å². The molecule has 33 heavy (non-hydrogen) atoms. The van der Waals surface area contributed by atoms with Crippen LogP contribution in [-0.4, -0.2) is 19.7 Å². The van der Waals surface area contributed by atoms with E-state index in [9.17, 15) is 4.79 Å². The number of hydrogen-bond donors (Lipinski definition) is 0. The smallest absolute Gasteiger partial charge is 0.231 e. The summed E-state index contributed by atoms with van der Waals surface area (Å²) in [6, 6.07) is 24.9. The molecular formula is C28H22O5. The van der Waals surface area contributed by atoms with Gasteiger partial charge in [-0.1, -0.05) is 48.5 Å². The average molecular weight is 438 g/mol. The number of methoxy groups -OCH3 is 1. The van der Waals surface area contributed by atoms with E-state index in [1.54, 1.807) is 25.3 Å². The second kappa shape index (κ2) is 9.09. The van der Waals surface area contributed by atoms with E-state index in [1.165, 1.54) is 0 Å². The van der Waals surface area contributed by atoms with E-state index in [2.05, 4.69) is 0 Å². The molecule has 0 bridgehead atoms. The number of ketones is 1. The molecule has 4 aromatic rings. The van der Waals surface area contributed by atoms with Crippen LogP contribution in [0.1, 0.15) is 21.5 Å². The van der Waals surface area contributed by atoms with Crippen LogP contribution in [0.15, 0.2) is 84.9 Å². The lowest BCUT2D eigenvalue weighted by Crippen LogP contribution is -1.99. The maximum atomic E-state index is 12.7. The normalized spacial score (nSPS) is 12.3. The fraction of sp³-hybridized carbons (Fsp3) is 0.107. The summed E-state index contributed by atoms with van der Waals surface area (Å²) >= 11 is 0. The molecule has 0 saturated carbocycles. The van der Waals surface area contributed by atoms with E-state index in [0.29, 0.717) is 35.2 Å². The monoisotopic (exact) mass is 438 g/mol. The number of fused-ring (bicyclic) bond motifs is 2. The fourth-order valence-electron chi connectivity index (χ4n) is 3.75. The van der Waals surface area contributed by atoms with Crippen molar-refractivity contribution in [1.82, 2.24) is 0 Å². The molecule has 0 N–H and O–H groups in total. The maximum absolute atomic E-state index is 12.7. The Morgan fingerprint density at radius 3 is 2.64 bits per heavy atom. The van der Waals surface area contributed by atoms with Crippen LogP contribution in [0.3, 0.4) is 0 Å². The highest BCUT2D eigenvalue weighted by atomic mass is 16.7. The summed E-state index contributed by atoms with van der Waals surface area (Å²) in [4.78, 5) is 12.7. The van der Waals surface area contributed by atoms with E-state index in [4.69, 9.17) is 18.9 Å². The van der Waals surface area contributed by atoms with Crippen molar-refractivity contribution >= 4 is 22.6 Å². The van der Waals surface area contributed by atoms with Gasteiger partial charge in [-0.3, -0.25) is 4.79 Å². The van der Waals surface area contributed by atoms with Crippen LogP contribution < -0.4 is 18.9 Å². The highest BCUT2D eigenvalue weighted by molar-refractivity contribution is 6.08. The molecule has 0 saturated heterocycles. The minimum absolute atomic E-state index is 0.0465. The van der Waals surface area contributed by atoms with Crippen molar-refractivity contribution in [3.05, 3.63) is 102 Å². The van der Waals surface area contributed by atoms with Gasteiger partial charge in [-0.05, 0) is 52.7 Å². The SMILES string of the molecule is COc1ccc(/C=C/C(=O)c2ccc3ccccc3c2)cc1COc1ccc2c(c1)OCO2. The Morgan fingerprint density at radius 2 is 1.76 bits per heavy atom. The van der Waals surface area contributed by atoms with Crippen molar-refractivity contribution in [2.75, 3.05) is 13.9 Å². The second-order valence-electron chi connectivity index (χ2n) is 7.63. The summed E-state index contributed by atoms with van der Waals surface area (Å²) in [5, 5.41) is 2.16. The molecule has 0 aromatic heterocycles. The van der Waals surface area contributed by atoms with Crippen molar-refractivity contribution in [3.8, 4) is 23.0 Å². The van der Waals surface area contributed by atoms with Gasteiger partial charge in [-0.25, -0.2) is 0 Å². The second-order valence-corrected chi connectivity index (χ2v) is 7.63. The Balaban J connectivity index is 1.31. The van der Waals surface area contributed by atoms with E-state index in [-0.39, 0.29) is 12.6 Å². The minimum Gasteiger partial charge on any atom is -0.496 e. The number of carbonyl (C=O) groups excluding carboxylic acids is 1. The van der Waals surface area contributed by atoms with Crippen LogP contribution >= 0.6 is 0 Å². The largest absolute Gasteiger partial charge is 0.496 e. The molecule has 1 aliphatic rings. The molecule has 0 atom stereocenters. The molecule has 1 heterocycles. The van der Waals surface area contributed by atoms with Crippen LogP contribution in [0.4, 0.5) is 0 Å². The predicted molar refractivity (Wildman–Crippen MR) is 127 cm³/mol. The molecule has 0 radical (unpaired) electrons. The standard InChI is InChI=1S/C28H22O5/c1-30-26-12-7-19(6-11-25(29)22-9-8-20-4-2-3-5-21(20)15-22)14-23(26)17-31-24-10-13-27-28(16-24)33-18-32-27/h2-16H,17-18H2,1H3/b11-6+. The first-order chi connectivity index (χ1) is 16.2. The van der Waals surface area contributed by atoms with Crippen molar-refractivity contribution in [3.63, 3.8) is 0 Å². The minimum atomic E-state index is -0.0465. The zero-order valence-corrected chi connectivity index (χ0v) is 18.1. The Kier molecular flexibility index (Phi) is 5.68. The van der Waals surface area contributed by atoms with Crippen molar-refractivity contribution in [2.24, 2.45) is 0 Å². The Hall–Kier alpha value is -4.25. The fourth-order valence-corrected chi connectivity index (χ4v) is 3.75. The third-order valence-electron chi connectivity index (χ3n) is 5.50. The van der Waals surface area contributed by atoms with Crippen LogP contribution in [0.2, 0.25) is 0 Å². The van der Waals surface area contributed by atoms with Gasteiger partial charge in [0.15, 0.2) is 17.3 Å². The molecule has 1 aliphatic heterocycles. The van der Waals surface area contributed by atoms with Crippen LogP contribution in [-0.2, 0) is 6.61 Å². The Bertz CT molecular complexity index is 1360. The average Bonchev–Trinajstić information content (AvgIpc) is 3.33. The summed E-state index contributed by atoms with van der Waals surface area (Å²) in [6.07, 6.45) is 3.40. The number of hydrogen-bond acceptors (Lipinski definition) is 5. The van der Waals surface area contributed by atoms with Gasteiger partial charge < -0.3 is 18.9 Å². The highest BCUT2D eigenvalue weighted by Gasteiger charge is 2.14. The van der Waals surface area contributed by atoms with E-state index < -0.39 is 0 Å². The first kappa shape index (κ1) is 20.6. The molecule has 5 heteroatoms. The molecule has 0 fully saturated rings. The topological polar surface area (TPSA) is 54.0 Å². The summed E-state index contributed by atoms with van der Waals surface area (Å²) in [5.41, 5.74) is 2.41. The van der Waals surface area contributed by atoms with Crippen molar-refractivity contribution < 1.29 is 23.7 Å². The number of carbonyl (C=O) groups is 1. The lowest BCUT2D eigenvalue weighted by Gasteiger charge is -2.11. The number of ether oxygens (including phenoxy) is 4. The zero-order chi connectivity index (χ0) is 22.6. The molecule has 5 rings (SSSR count). The predicted octanol–water partition coefficient (Wildman–Crippen LogP) is 6.05. The third-order valence-corrected chi connectivity index (χ3v) is 5.50. The number of rotatable bonds is 7. The van der Waals surface area contributed by atoms with Gasteiger partial charge >= 0.3 is 0 Å². The summed E-state index contributed by atoms with van der Waals surface area (Å²) in [5.74, 6) is 2.73. The van der Waals surface area contributed by atoms with Gasteiger partial charge in [0.05, 0.1) is 7.11 Å². The Labute approximate surface area is 191 Å². The summed E-state index contributed by atoms with van der Waals surface area (Å²) in [6.45, 7) is 0.530. The summed E-state index contributed by atoms with van der Waals surface area (Å²) in [7, 11) is 1.62.